The van der Waals surface area contributed by atoms with Crippen LogP contribution in [-0.2, 0) is 5.41 Å². The van der Waals surface area contributed by atoms with E-state index in [9.17, 15) is 0 Å². The van der Waals surface area contributed by atoms with E-state index in [1.165, 1.54) is 33.4 Å². The molecule has 0 heteroatoms. The van der Waals surface area contributed by atoms with Gasteiger partial charge in [0.05, 0.1) is 0 Å². The lowest BCUT2D eigenvalue weighted by Crippen LogP contribution is -2.15. The van der Waals surface area contributed by atoms with E-state index in [1.54, 1.807) is 0 Å². The summed E-state index contributed by atoms with van der Waals surface area (Å²) < 4.78 is 0. The fourth-order valence-electron chi connectivity index (χ4n) is 2.97. The third-order valence-electron chi connectivity index (χ3n) is 3.99. The fourth-order valence-corrected chi connectivity index (χ4v) is 2.97. The van der Waals surface area contributed by atoms with Gasteiger partial charge in [0.1, 0.15) is 0 Å². The summed E-state index contributed by atoms with van der Waals surface area (Å²) in [6, 6.07) is 13.6. The average Bonchev–Trinajstić information content (AvgIpc) is 2.71. The molecule has 3 rings (SSSR count). The zero-order valence-electron chi connectivity index (χ0n) is 15.0. The molecular weight excluding hydrogens is 252 g/mol. The topological polar surface area (TPSA) is 0 Å². The van der Waals surface area contributed by atoms with Crippen LogP contribution in [0.2, 0.25) is 0 Å². The predicted molar refractivity (Wildman–Crippen MR) is 96.2 cm³/mol. The second-order valence-electron chi connectivity index (χ2n) is 5.72. The lowest BCUT2D eigenvalue weighted by molar-refractivity contribution is 0.659. The summed E-state index contributed by atoms with van der Waals surface area (Å²) in [5, 5.41) is 0. The molecule has 0 bridgehead atoms. The van der Waals surface area contributed by atoms with Gasteiger partial charge in [-0.15, -0.1) is 0 Å². The summed E-state index contributed by atoms with van der Waals surface area (Å²) in [6.45, 7) is 17.0. The Balaban J connectivity index is 0.000000510. The molecule has 0 N–H and O–H groups in total. The molecule has 0 heterocycles. The number of hydrogen-bond donors (Lipinski definition) is 0. The highest BCUT2D eigenvalue weighted by atomic mass is 14.4. The summed E-state index contributed by atoms with van der Waals surface area (Å²) in [5.41, 5.74) is 8.60. The highest BCUT2D eigenvalue weighted by Crippen LogP contribution is 2.48. The van der Waals surface area contributed by atoms with Crippen molar-refractivity contribution in [1.82, 2.24) is 0 Å². The number of benzene rings is 2. The maximum atomic E-state index is 2.34. The first-order valence-electron chi connectivity index (χ1n) is 8.23. The van der Waals surface area contributed by atoms with Crippen LogP contribution in [0.4, 0.5) is 0 Å². The minimum absolute atomic E-state index is 0.142. The smallest absolute Gasteiger partial charge is 0.0159 e. The van der Waals surface area contributed by atoms with Crippen molar-refractivity contribution in [3.63, 3.8) is 0 Å². The molecule has 0 amide bonds. The average molecular weight is 282 g/mol. The van der Waals surface area contributed by atoms with Crippen molar-refractivity contribution in [1.29, 1.82) is 0 Å². The Morgan fingerprint density at radius 2 is 0.952 bits per heavy atom. The minimum atomic E-state index is 0.142. The van der Waals surface area contributed by atoms with Crippen LogP contribution >= 0.6 is 0 Å². The molecule has 1 aliphatic rings. The molecule has 0 saturated carbocycles. The van der Waals surface area contributed by atoms with Gasteiger partial charge in [0.15, 0.2) is 0 Å². The van der Waals surface area contributed by atoms with Gasteiger partial charge in [0.25, 0.3) is 0 Å². The summed E-state index contributed by atoms with van der Waals surface area (Å²) in [7, 11) is 0. The third kappa shape index (κ3) is 3.05. The van der Waals surface area contributed by atoms with Gasteiger partial charge in [-0.25, -0.2) is 0 Å². The zero-order valence-corrected chi connectivity index (χ0v) is 15.0. The van der Waals surface area contributed by atoms with Crippen molar-refractivity contribution in [2.75, 3.05) is 0 Å². The van der Waals surface area contributed by atoms with E-state index in [4.69, 9.17) is 0 Å². The molecular formula is C21H30. The Kier molecular flexibility index (Phi) is 5.78. The first kappa shape index (κ1) is 17.5. The summed E-state index contributed by atoms with van der Waals surface area (Å²) >= 11 is 0. The summed E-state index contributed by atoms with van der Waals surface area (Å²) in [6.07, 6.45) is 0. The molecule has 0 fully saturated rings. The maximum Gasteiger partial charge on any atom is 0.0159 e. The molecule has 0 saturated heterocycles. The van der Waals surface area contributed by atoms with Crippen LogP contribution in [0.5, 0.6) is 0 Å². The molecule has 1 aliphatic carbocycles. The zero-order chi connectivity index (χ0) is 16.2. The lowest BCUT2D eigenvalue weighted by atomic mass is 9.81. The minimum Gasteiger partial charge on any atom is -0.0683 e. The molecule has 0 atom stereocenters. The predicted octanol–water partition coefficient (Wildman–Crippen LogP) is 6.66. The first-order valence-corrected chi connectivity index (χ1v) is 8.23. The number of aryl methyl sites for hydroxylation is 2. The second kappa shape index (κ2) is 6.93. The summed E-state index contributed by atoms with van der Waals surface area (Å²) in [4.78, 5) is 0. The molecule has 2 aromatic carbocycles. The Morgan fingerprint density at radius 3 is 1.29 bits per heavy atom. The SMILES string of the molecule is CC.CC.Cc1ccc2c(c1)C(C)(C)c1cc(C)ccc1-2. The molecule has 0 radical (unpaired) electrons. The fraction of sp³-hybridized carbons (Fsp3) is 0.429. The Labute approximate surface area is 131 Å². The van der Waals surface area contributed by atoms with Crippen LogP contribution in [0, 0.1) is 13.8 Å². The van der Waals surface area contributed by atoms with Crippen molar-refractivity contribution in [2.24, 2.45) is 0 Å². The van der Waals surface area contributed by atoms with Crippen molar-refractivity contribution < 1.29 is 0 Å². The Hall–Kier alpha value is -1.56. The van der Waals surface area contributed by atoms with Crippen molar-refractivity contribution in [3.8, 4) is 11.1 Å². The summed E-state index contributed by atoms with van der Waals surface area (Å²) in [5.74, 6) is 0. The van der Waals surface area contributed by atoms with E-state index in [0.29, 0.717) is 0 Å². The number of rotatable bonds is 0. The number of hydrogen-bond acceptors (Lipinski definition) is 0. The van der Waals surface area contributed by atoms with Crippen LogP contribution in [0.1, 0.15) is 63.8 Å². The highest BCUT2D eigenvalue weighted by molar-refractivity contribution is 5.81. The lowest BCUT2D eigenvalue weighted by Gasteiger charge is -2.22. The quantitative estimate of drug-likeness (QED) is 0.506. The monoisotopic (exact) mass is 282 g/mol. The standard InChI is InChI=1S/C17H18.2C2H6/c1-11-5-7-13-14-8-6-12(2)10-16(14)17(3,4)15(13)9-11;2*1-2/h5-10H,1-4H3;2*1-2H3. The van der Waals surface area contributed by atoms with E-state index in [1.807, 2.05) is 27.7 Å². The van der Waals surface area contributed by atoms with E-state index in [2.05, 4.69) is 64.1 Å². The van der Waals surface area contributed by atoms with Gasteiger partial charge in [0, 0.05) is 5.41 Å². The third-order valence-corrected chi connectivity index (χ3v) is 3.99. The van der Waals surface area contributed by atoms with Gasteiger partial charge in [-0.2, -0.15) is 0 Å². The molecule has 21 heavy (non-hydrogen) atoms. The highest BCUT2D eigenvalue weighted by Gasteiger charge is 2.35. The molecule has 0 nitrogen and oxygen atoms in total. The molecule has 114 valence electrons. The molecule has 0 aliphatic heterocycles. The van der Waals surface area contributed by atoms with E-state index < -0.39 is 0 Å². The van der Waals surface area contributed by atoms with Gasteiger partial charge >= 0.3 is 0 Å². The second-order valence-corrected chi connectivity index (χ2v) is 5.72. The van der Waals surface area contributed by atoms with Gasteiger partial charge in [-0.3, -0.25) is 0 Å². The molecule has 0 aromatic heterocycles. The van der Waals surface area contributed by atoms with Crippen LogP contribution in [0.3, 0.4) is 0 Å². The largest absolute Gasteiger partial charge is 0.0683 e. The van der Waals surface area contributed by atoms with Gasteiger partial charge < -0.3 is 0 Å². The molecule has 0 spiro atoms. The van der Waals surface area contributed by atoms with Crippen molar-refractivity contribution in [3.05, 3.63) is 58.7 Å². The normalized spacial score (nSPS) is 13.1. The van der Waals surface area contributed by atoms with E-state index in [-0.39, 0.29) is 5.41 Å². The Morgan fingerprint density at radius 1 is 0.619 bits per heavy atom. The van der Waals surface area contributed by atoms with Crippen molar-refractivity contribution in [2.45, 2.75) is 60.8 Å². The van der Waals surface area contributed by atoms with Crippen LogP contribution < -0.4 is 0 Å². The van der Waals surface area contributed by atoms with Gasteiger partial charge in [-0.05, 0) is 36.1 Å². The van der Waals surface area contributed by atoms with E-state index >= 15 is 0 Å². The van der Waals surface area contributed by atoms with Gasteiger partial charge in [0.2, 0.25) is 0 Å². The van der Waals surface area contributed by atoms with Crippen LogP contribution in [0.15, 0.2) is 36.4 Å². The number of fused-ring (bicyclic) bond motifs is 3. The van der Waals surface area contributed by atoms with Crippen molar-refractivity contribution >= 4 is 0 Å². The Bertz CT molecular complexity index is 550. The first-order chi connectivity index (χ1) is 10.00. The van der Waals surface area contributed by atoms with Gasteiger partial charge in [-0.1, -0.05) is 89.1 Å². The van der Waals surface area contributed by atoms with Crippen LogP contribution in [0.25, 0.3) is 11.1 Å². The maximum absolute atomic E-state index is 2.34. The van der Waals surface area contributed by atoms with Crippen LogP contribution in [-0.4, -0.2) is 0 Å². The van der Waals surface area contributed by atoms with E-state index in [0.717, 1.165) is 0 Å². The molecule has 2 aromatic rings. The molecule has 0 unspecified atom stereocenters.